The van der Waals surface area contributed by atoms with Crippen LogP contribution >= 0.6 is 11.6 Å². The molecule has 0 amide bonds. The van der Waals surface area contributed by atoms with Gasteiger partial charge in [0, 0.05) is 0 Å². The smallest absolute Gasteiger partial charge is 0.173 e. The molecule has 4 nitrogen and oxygen atoms in total. The molecule has 2 aliphatic heterocycles. The van der Waals surface area contributed by atoms with E-state index in [1.54, 1.807) is 6.07 Å². The second-order valence-electron chi connectivity index (χ2n) is 7.93. The summed E-state index contributed by atoms with van der Waals surface area (Å²) in [6, 6.07) is 11.1. The molecule has 4 atom stereocenters. The van der Waals surface area contributed by atoms with Crippen molar-refractivity contribution in [3.63, 3.8) is 0 Å². The zero-order valence-electron chi connectivity index (χ0n) is 15.7. The number of hydrogen-bond acceptors (Lipinski definition) is 4. The summed E-state index contributed by atoms with van der Waals surface area (Å²) in [6.45, 7) is 3.88. The number of halogens is 1. The van der Waals surface area contributed by atoms with Crippen LogP contribution in [0.4, 0.5) is 0 Å². The highest BCUT2D eigenvalue weighted by atomic mass is 35.5. The van der Waals surface area contributed by atoms with E-state index in [0.717, 1.165) is 29.5 Å². The van der Waals surface area contributed by atoms with Crippen LogP contribution in [-0.2, 0) is 9.53 Å². The fourth-order valence-electron chi connectivity index (χ4n) is 5.10. The lowest BCUT2D eigenvalue weighted by molar-refractivity contribution is -0.118. The lowest BCUT2D eigenvalue weighted by Gasteiger charge is -2.19. The van der Waals surface area contributed by atoms with Crippen molar-refractivity contribution in [2.75, 3.05) is 0 Å². The lowest BCUT2D eigenvalue weighted by atomic mass is 9.80. The minimum atomic E-state index is -0.230. The number of rotatable bonds is 3. The Labute approximate surface area is 168 Å². The van der Waals surface area contributed by atoms with Crippen molar-refractivity contribution in [3.05, 3.63) is 63.9 Å². The van der Waals surface area contributed by atoms with Crippen molar-refractivity contribution < 1.29 is 19.4 Å². The van der Waals surface area contributed by atoms with Crippen LogP contribution < -0.4 is 4.74 Å². The van der Waals surface area contributed by atoms with Gasteiger partial charge in [0.15, 0.2) is 5.78 Å². The molecule has 2 unspecified atom stereocenters. The van der Waals surface area contributed by atoms with Gasteiger partial charge in [-0.15, -0.1) is 0 Å². The first-order valence-corrected chi connectivity index (χ1v) is 10.0. The van der Waals surface area contributed by atoms with Gasteiger partial charge in [0.2, 0.25) is 0 Å². The van der Waals surface area contributed by atoms with E-state index >= 15 is 0 Å². The standard InChI is InChI=1S/C23H21ClO4/c1-11-9-13(27-15-6-4-3-5-14(15)24)10-12(2)18(11)21-22(25)19-16-7-8-17(28-16)20(19)23(21)26/h3-6,9-10,16-17,19-20,25H,7-8H2,1-2H3/t16?,17?,19-,20+/m0/s1. The number of ketones is 1. The van der Waals surface area contributed by atoms with Crippen molar-refractivity contribution in [1.29, 1.82) is 0 Å². The van der Waals surface area contributed by atoms with Gasteiger partial charge in [-0.2, -0.15) is 0 Å². The fraction of sp³-hybridized carbons (Fsp3) is 0.348. The quantitative estimate of drug-likeness (QED) is 0.755. The predicted molar refractivity (Wildman–Crippen MR) is 107 cm³/mol. The third-order valence-corrected chi connectivity index (χ3v) is 6.53. The molecule has 1 aliphatic carbocycles. The maximum atomic E-state index is 13.2. The number of ether oxygens (including phenoxy) is 2. The minimum Gasteiger partial charge on any atom is -0.511 e. The third kappa shape index (κ3) is 2.51. The Morgan fingerprint density at radius 1 is 1.07 bits per heavy atom. The second-order valence-corrected chi connectivity index (χ2v) is 8.34. The molecule has 2 heterocycles. The lowest BCUT2D eigenvalue weighted by Crippen LogP contribution is -2.29. The molecule has 2 aromatic carbocycles. The van der Waals surface area contributed by atoms with Crippen molar-refractivity contribution in [3.8, 4) is 11.5 Å². The monoisotopic (exact) mass is 396 g/mol. The first kappa shape index (κ1) is 17.8. The summed E-state index contributed by atoms with van der Waals surface area (Å²) in [5.41, 5.74) is 3.06. The van der Waals surface area contributed by atoms with E-state index in [4.69, 9.17) is 21.1 Å². The largest absolute Gasteiger partial charge is 0.511 e. The molecule has 3 aliphatic rings. The van der Waals surface area contributed by atoms with Crippen molar-refractivity contribution in [1.82, 2.24) is 0 Å². The van der Waals surface area contributed by atoms with Gasteiger partial charge in [0.1, 0.15) is 17.3 Å². The SMILES string of the molecule is Cc1cc(Oc2ccccc2Cl)cc(C)c1C1=C(O)[C@H]2C3CCC(O3)[C@H]2C1=O. The molecular weight excluding hydrogens is 376 g/mol. The van der Waals surface area contributed by atoms with Gasteiger partial charge in [0.25, 0.3) is 0 Å². The normalized spacial score (nSPS) is 28.2. The molecule has 2 fully saturated rings. The molecule has 0 radical (unpaired) electrons. The highest BCUT2D eigenvalue weighted by molar-refractivity contribution is 6.32. The van der Waals surface area contributed by atoms with Crippen molar-refractivity contribution in [2.24, 2.45) is 11.8 Å². The second kappa shape index (κ2) is 6.36. The molecule has 0 saturated carbocycles. The van der Waals surface area contributed by atoms with Crippen LogP contribution in [-0.4, -0.2) is 23.1 Å². The van der Waals surface area contributed by atoms with Crippen LogP contribution in [0.15, 0.2) is 42.2 Å². The number of benzene rings is 2. The number of carbonyl (C=O) groups excluding carboxylic acids is 1. The Hall–Kier alpha value is -2.30. The topological polar surface area (TPSA) is 55.8 Å². The van der Waals surface area contributed by atoms with Crippen LogP contribution in [0.1, 0.15) is 29.5 Å². The number of fused-ring (bicyclic) bond motifs is 5. The number of carbonyl (C=O) groups is 1. The molecule has 144 valence electrons. The van der Waals surface area contributed by atoms with E-state index < -0.39 is 0 Å². The summed E-state index contributed by atoms with van der Waals surface area (Å²) in [5.74, 6) is 1.04. The van der Waals surface area contributed by atoms with Crippen LogP contribution in [0, 0.1) is 25.7 Å². The number of Topliss-reactive ketones (excluding diaryl/α,β-unsaturated/α-hetero) is 1. The van der Waals surface area contributed by atoms with Crippen LogP contribution in [0.5, 0.6) is 11.5 Å². The van der Waals surface area contributed by atoms with Crippen LogP contribution in [0.25, 0.3) is 5.57 Å². The van der Waals surface area contributed by atoms with E-state index in [9.17, 15) is 9.90 Å². The highest BCUT2D eigenvalue weighted by Crippen LogP contribution is 2.54. The highest BCUT2D eigenvalue weighted by Gasteiger charge is 2.59. The number of aryl methyl sites for hydroxylation is 2. The first-order valence-electron chi connectivity index (χ1n) is 9.62. The number of aliphatic hydroxyl groups is 1. The summed E-state index contributed by atoms with van der Waals surface area (Å²) in [5, 5.41) is 11.5. The number of allylic oxidation sites excluding steroid dienone is 1. The molecule has 0 aromatic heterocycles. The van der Waals surface area contributed by atoms with Gasteiger partial charge >= 0.3 is 0 Å². The van der Waals surface area contributed by atoms with E-state index in [1.165, 1.54) is 0 Å². The molecule has 2 aromatic rings. The molecule has 0 spiro atoms. The van der Waals surface area contributed by atoms with E-state index in [0.29, 0.717) is 22.1 Å². The Morgan fingerprint density at radius 2 is 1.71 bits per heavy atom. The van der Waals surface area contributed by atoms with Gasteiger partial charge in [-0.25, -0.2) is 0 Å². The summed E-state index contributed by atoms with van der Waals surface area (Å²) >= 11 is 6.19. The van der Waals surface area contributed by atoms with Gasteiger partial charge in [0.05, 0.1) is 34.6 Å². The van der Waals surface area contributed by atoms with E-state index in [-0.39, 0.29) is 35.6 Å². The Kier molecular flexibility index (Phi) is 4.04. The van der Waals surface area contributed by atoms with Gasteiger partial charge in [-0.05, 0) is 67.6 Å². The first-order chi connectivity index (χ1) is 13.5. The molecule has 28 heavy (non-hydrogen) atoms. The number of aliphatic hydroxyl groups excluding tert-OH is 1. The molecule has 2 bridgehead atoms. The Morgan fingerprint density at radius 3 is 2.36 bits per heavy atom. The number of hydrogen-bond donors (Lipinski definition) is 1. The van der Waals surface area contributed by atoms with Gasteiger partial charge in [-0.1, -0.05) is 23.7 Å². The van der Waals surface area contributed by atoms with Crippen LogP contribution in [0.3, 0.4) is 0 Å². The molecule has 2 saturated heterocycles. The zero-order valence-corrected chi connectivity index (χ0v) is 16.5. The third-order valence-electron chi connectivity index (χ3n) is 6.21. The van der Waals surface area contributed by atoms with E-state index in [2.05, 4.69) is 0 Å². The maximum Gasteiger partial charge on any atom is 0.173 e. The molecule has 5 heteroatoms. The minimum absolute atomic E-state index is 0.0145. The van der Waals surface area contributed by atoms with E-state index in [1.807, 2.05) is 44.2 Å². The summed E-state index contributed by atoms with van der Waals surface area (Å²) in [7, 11) is 0. The summed E-state index contributed by atoms with van der Waals surface area (Å²) in [4.78, 5) is 13.2. The van der Waals surface area contributed by atoms with Crippen molar-refractivity contribution >= 4 is 23.0 Å². The number of para-hydroxylation sites is 1. The molecule has 1 N–H and O–H groups in total. The van der Waals surface area contributed by atoms with Crippen molar-refractivity contribution in [2.45, 2.75) is 38.9 Å². The summed E-state index contributed by atoms with van der Waals surface area (Å²) in [6.07, 6.45) is 1.74. The Bertz CT molecular complexity index is 1000. The fourth-order valence-corrected chi connectivity index (χ4v) is 5.27. The molecule has 5 rings (SSSR count). The summed E-state index contributed by atoms with van der Waals surface area (Å²) < 4.78 is 11.8. The zero-order chi connectivity index (χ0) is 19.6. The predicted octanol–water partition coefficient (Wildman–Crippen LogP) is 5.39. The average Bonchev–Trinajstić information content (AvgIpc) is 3.33. The van der Waals surface area contributed by atoms with Gasteiger partial charge < -0.3 is 14.6 Å². The molecular formula is C23H21ClO4. The Balaban J connectivity index is 1.53. The maximum absolute atomic E-state index is 13.2. The van der Waals surface area contributed by atoms with Gasteiger partial charge in [-0.3, -0.25) is 4.79 Å². The van der Waals surface area contributed by atoms with Crippen LogP contribution in [0.2, 0.25) is 5.02 Å². The average molecular weight is 397 g/mol.